The van der Waals surface area contributed by atoms with Crippen molar-refractivity contribution in [3.8, 4) is 0 Å². The highest BCUT2D eigenvalue weighted by Gasteiger charge is 2.34. The molecule has 4 heteroatoms. The van der Waals surface area contributed by atoms with Crippen molar-refractivity contribution in [2.75, 3.05) is 25.1 Å². The molecule has 0 radical (unpaired) electrons. The van der Waals surface area contributed by atoms with Gasteiger partial charge in [-0.2, -0.15) is 11.8 Å². The number of thioether (sulfide) groups is 1. The van der Waals surface area contributed by atoms with Crippen LogP contribution in [0.2, 0.25) is 0 Å². The maximum Gasteiger partial charge on any atom is 0.222 e. The molecule has 3 nitrogen and oxygen atoms in total. The van der Waals surface area contributed by atoms with Gasteiger partial charge in [0, 0.05) is 25.6 Å². The van der Waals surface area contributed by atoms with Crippen molar-refractivity contribution in [1.29, 1.82) is 0 Å². The van der Waals surface area contributed by atoms with Crippen LogP contribution >= 0.6 is 11.8 Å². The summed E-state index contributed by atoms with van der Waals surface area (Å²) in [5, 5.41) is 0. The highest BCUT2D eigenvalue weighted by atomic mass is 32.2. The number of nitrogens with zero attached hydrogens (tertiary/aromatic N) is 1. The van der Waals surface area contributed by atoms with Crippen molar-refractivity contribution in [3.05, 3.63) is 0 Å². The maximum atomic E-state index is 12.0. The van der Waals surface area contributed by atoms with Crippen molar-refractivity contribution in [1.82, 2.24) is 4.90 Å². The van der Waals surface area contributed by atoms with Crippen molar-refractivity contribution in [2.45, 2.75) is 45.6 Å². The van der Waals surface area contributed by atoms with Crippen LogP contribution in [0.5, 0.6) is 0 Å². The summed E-state index contributed by atoms with van der Waals surface area (Å²) < 4.78 is 0. The van der Waals surface area contributed by atoms with E-state index in [1.165, 1.54) is 0 Å². The van der Waals surface area contributed by atoms with Crippen molar-refractivity contribution >= 4 is 17.7 Å². The minimum absolute atomic E-state index is 0.0627. The van der Waals surface area contributed by atoms with E-state index in [1.807, 2.05) is 16.7 Å². The standard InChI is InChI=1S/C13H26N2OS/c1-13(2)10-15(8-7-11(13)14)12(16)6-4-5-9-17-3/h11H,4-10,14H2,1-3H3. The monoisotopic (exact) mass is 258 g/mol. The fourth-order valence-corrected chi connectivity index (χ4v) is 2.76. The molecule has 0 aliphatic carbocycles. The minimum Gasteiger partial charge on any atom is -0.342 e. The predicted molar refractivity (Wildman–Crippen MR) is 75.2 cm³/mol. The molecule has 0 spiro atoms. The van der Waals surface area contributed by atoms with E-state index in [0.29, 0.717) is 12.3 Å². The largest absolute Gasteiger partial charge is 0.342 e. The highest BCUT2D eigenvalue weighted by molar-refractivity contribution is 7.98. The highest BCUT2D eigenvalue weighted by Crippen LogP contribution is 2.28. The molecule has 1 atom stereocenters. The third kappa shape index (κ3) is 4.51. The average Bonchev–Trinajstić information content (AvgIpc) is 2.28. The molecular weight excluding hydrogens is 232 g/mol. The second-order valence-electron chi connectivity index (χ2n) is 5.65. The first-order chi connectivity index (χ1) is 7.97. The molecule has 17 heavy (non-hydrogen) atoms. The van der Waals surface area contributed by atoms with E-state index < -0.39 is 0 Å². The van der Waals surface area contributed by atoms with Gasteiger partial charge in [0.05, 0.1) is 0 Å². The maximum absolute atomic E-state index is 12.0. The molecule has 1 unspecified atom stereocenters. The van der Waals surface area contributed by atoms with Crippen LogP contribution in [0.1, 0.15) is 39.5 Å². The lowest BCUT2D eigenvalue weighted by Crippen LogP contribution is -2.53. The van der Waals surface area contributed by atoms with Crippen LogP contribution in [0.25, 0.3) is 0 Å². The first-order valence-electron chi connectivity index (χ1n) is 6.49. The van der Waals surface area contributed by atoms with E-state index in [4.69, 9.17) is 5.73 Å². The van der Waals surface area contributed by atoms with Gasteiger partial charge < -0.3 is 10.6 Å². The van der Waals surface area contributed by atoms with E-state index in [9.17, 15) is 4.79 Å². The zero-order valence-electron chi connectivity index (χ0n) is 11.4. The number of likely N-dealkylation sites (tertiary alicyclic amines) is 1. The fraction of sp³-hybridized carbons (Fsp3) is 0.923. The number of hydrogen-bond acceptors (Lipinski definition) is 3. The molecular formula is C13H26N2OS. The second-order valence-corrected chi connectivity index (χ2v) is 6.63. The predicted octanol–water partition coefficient (Wildman–Crippen LogP) is 2.11. The Morgan fingerprint density at radius 1 is 1.47 bits per heavy atom. The summed E-state index contributed by atoms with van der Waals surface area (Å²) in [6.45, 7) is 5.97. The quantitative estimate of drug-likeness (QED) is 0.768. The summed E-state index contributed by atoms with van der Waals surface area (Å²) in [5.41, 5.74) is 6.14. The number of carbonyl (C=O) groups is 1. The zero-order chi connectivity index (χ0) is 12.9. The molecule has 0 bridgehead atoms. The molecule has 0 aromatic heterocycles. The molecule has 100 valence electrons. The average molecular weight is 258 g/mol. The molecule has 1 aliphatic rings. The van der Waals surface area contributed by atoms with E-state index >= 15 is 0 Å². The Morgan fingerprint density at radius 2 is 2.18 bits per heavy atom. The van der Waals surface area contributed by atoms with Gasteiger partial charge in [-0.25, -0.2) is 0 Å². The van der Waals surface area contributed by atoms with E-state index in [0.717, 1.165) is 38.1 Å². The summed E-state index contributed by atoms with van der Waals surface area (Å²) in [5.74, 6) is 1.47. The molecule has 1 aliphatic heterocycles. The normalized spacial score (nSPS) is 23.8. The van der Waals surface area contributed by atoms with Crippen LogP contribution < -0.4 is 5.73 Å². The Hall–Kier alpha value is -0.220. The van der Waals surface area contributed by atoms with Gasteiger partial charge in [0.1, 0.15) is 0 Å². The topological polar surface area (TPSA) is 46.3 Å². The van der Waals surface area contributed by atoms with Crippen molar-refractivity contribution in [2.24, 2.45) is 11.1 Å². The lowest BCUT2D eigenvalue weighted by atomic mass is 9.79. The van der Waals surface area contributed by atoms with Gasteiger partial charge in [-0.3, -0.25) is 4.79 Å². The Balaban J connectivity index is 2.33. The van der Waals surface area contributed by atoms with Gasteiger partial charge >= 0.3 is 0 Å². The summed E-state index contributed by atoms with van der Waals surface area (Å²) in [6.07, 6.45) is 5.90. The van der Waals surface area contributed by atoms with Gasteiger partial charge in [-0.1, -0.05) is 13.8 Å². The van der Waals surface area contributed by atoms with Crippen LogP contribution in [0, 0.1) is 5.41 Å². The van der Waals surface area contributed by atoms with E-state index in [-0.39, 0.29) is 11.5 Å². The van der Waals surface area contributed by atoms with E-state index in [1.54, 1.807) is 0 Å². The first-order valence-corrected chi connectivity index (χ1v) is 7.89. The molecule has 0 saturated carbocycles. The third-order valence-corrected chi connectivity index (χ3v) is 4.35. The van der Waals surface area contributed by atoms with Crippen LogP contribution in [0.4, 0.5) is 0 Å². The molecule has 2 N–H and O–H groups in total. The van der Waals surface area contributed by atoms with Gasteiger partial charge in [-0.05, 0) is 36.7 Å². The molecule has 1 saturated heterocycles. The van der Waals surface area contributed by atoms with Crippen molar-refractivity contribution < 1.29 is 4.79 Å². The molecule has 1 rings (SSSR count). The van der Waals surface area contributed by atoms with Crippen LogP contribution in [0.15, 0.2) is 0 Å². The minimum atomic E-state index is 0.0627. The smallest absolute Gasteiger partial charge is 0.222 e. The third-order valence-electron chi connectivity index (χ3n) is 3.65. The number of carbonyl (C=O) groups excluding carboxylic acids is 1. The molecule has 1 amide bonds. The molecule has 0 aromatic rings. The van der Waals surface area contributed by atoms with Crippen LogP contribution in [-0.4, -0.2) is 41.9 Å². The fourth-order valence-electron chi connectivity index (χ4n) is 2.27. The first kappa shape index (κ1) is 14.8. The summed E-state index contributed by atoms with van der Waals surface area (Å²) >= 11 is 1.85. The number of piperidine rings is 1. The lowest BCUT2D eigenvalue weighted by molar-refractivity contribution is -0.134. The molecule has 0 aromatic carbocycles. The zero-order valence-corrected chi connectivity index (χ0v) is 12.2. The number of nitrogens with two attached hydrogens (primary N) is 1. The van der Waals surface area contributed by atoms with E-state index in [2.05, 4.69) is 20.1 Å². The van der Waals surface area contributed by atoms with Gasteiger partial charge in [0.2, 0.25) is 5.91 Å². The number of rotatable bonds is 5. The SMILES string of the molecule is CSCCCCC(=O)N1CCC(N)C(C)(C)C1. The number of unbranched alkanes of at least 4 members (excludes halogenated alkanes) is 1. The van der Waals surface area contributed by atoms with Crippen molar-refractivity contribution in [3.63, 3.8) is 0 Å². The van der Waals surface area contributed by atoms with Gasteiger partial charge in [0.15, 0.2) is 0 Å². The summed E-state index contributed by atoms with van der Waals surface area (Å²) in [7, 11) is 0. The summed E-state index contributed by atoms with van der Waals surface area (Å²) in [6, 6.07) is 0.225. The Labute approximate surface area is 109 Å². The van der Waals surface area contributed by atoms with Crippen LogP contribution in [0.3, 0.4) is 0 Å². The summed E-state index contributed by atoms with van der Waals surface area (Å²) in [4.78, 5) is 14.0. The Kier molecular flexibility index (Phi) is 5.80. The Bertz CT molecular complexity index is 256. The molecule has 1 heterocycles. The van der Waals surface area contributed by atoms with Gasteiger partial charge in [0.25, 0.3) is 0 Å². The van der Waals surface area contributed by atoms with Gasteiger partial charge in [-0.15, -0.1) is 0 Å². The number of amides is 1. The van der Waals surface area contributed by atoms with Crippen LogP contribution in [-0.2, 0) is 4.79 Å². The lowest BCUT2D eigenvalue weighted by Gasteiger charge is -2.42. The Morgan fingerprint density at radius 3 is 2.76 bits per heavy atom. The molecule has 1 fully saturated rings. The number of hydrogen-bond donors (Lipinski definition) is 1. The second kappa shape index (κ2) is 6.64.